The normalized spacial score (nSPS) is 17.7. The van der Waals surface area contributed by atoms with Gasteiger partial charge >= 0.3 is 0 Å². The number of hydrogen-bond donors (Lipinski definition) is 3. The van der Waals surface area contributed by atoms with Gasteiger partial charge in [-0.1, -0.05) is 0 Å². The van der Waals surface area contributed by atoms with Gasteiger partial charge in [0.15, 0.2) is 5.96 Å². The first-order chi connectivity index (χ1) is 14.1. The highest BCUT2D eigenvalue weighted by atomic mass is 127. The summed E-state index contributed by atoms with van der Waals surface area (Å²) in [6, 6.07) is 5.23. The predicted molar refractivity (Wildman–Crippen MR) is 128 cm³/mol. The van der Waals surface area contributed by atoms with Crippen LogP contribution in [0.2, 0.25) is 0 Å². The standard InChI is InChI=1S/C21H29FN6O.HI/c1-23-21(24-7-6-15-13-25-19-5-2-16(22)12-18(15)19)28-10-8-27(9-11-28)14-20(29)26-17-3-4-17;/h2,5,12-13,17,25H,3-4,6-11,14H2,1H3,(H,23,24)(H,26,29);1H. The number of rotatable bonds is 6. The Morgan fingerprint density at radius 3 is 2.73 bits per heavy atom. The fraction of sp³-hybridized carbons (Fsp3) is 0.524. The van der Waals surface area contributed by atoms with Gasteiger partial charge in [0, 0.05) is 62.9 Å². The van der Waals surface area contributed by atoms with Crippen LogP contribution < -0.4 is 10.6 Å². The molecule has 0 radical (unpaired) electrons. The monoisotopic (exact) mass is 528 g/mol. The zero-order chi connectivity index (χ0) is 20.2. The van der Waals surface area contributed by atoms with Gasteiger partial charge < -0.3 is 20.5 Å². The number of benzene rings is 1. The Bertz CT molecular complexity index is 889. The van der Waals surface area contributed by atoms with Gasteiger partial charge in [0.1, 0.15) is 5.82 Å². The van der Waals surface area contributed by atoms with Crippen LogP contribution in [0.1, 0.15) is 18.4 Å². The Morgan fingerprint density at radius 1 is 1.27 bits per heavy atom. The molecular weight excluding hydrogens is 498 g/mol. The average molecular weight is 528 g/mol. The van der Waals surface area contributed by atoms with Crippen molar-refractivity contribution in [3.63, 3.8) is 0 Å². The molecule has 9 heteroatoms. The van der Waals surface area contributed by atoms with E-state index in [4.69, 9.17) is 0 Å². The third kappa shape index (κ3) is 5.84. The lowest BCUT2D eigenvalue weighted by Crippen LogP contribution is -2.54. The molecule has 2 fully saturated rings. The van der Waals surface area contributed by atoms with E-state index in [1.165, 1.54) is 6.07 Å². The van der Waals surface area contributed by atoms with E-state index in [9.17, 15) is 9.18 Å². The van der Waals surface area contributed by atoms with E-state index in [0.29, 0.717) is 12.6 Å². The molecule has 7 nitrogen and oxygen atoms in total. The summed E-state index contributed by atoms with van der Waals surface area (Å²) in [7, 11) is 1.79. The highest BCUT2D eigenvalue weighted by Crippen LogP contribution is 2.20. The molecule has 4 rings (SSSR count). The van der Waals surface area contributed by atoms with Crippen molar-refractivity contribution in [1.29, 1.82) is 0 Å². The van der Waals surface area contributed by atoms with Crippen LogP contribution in [0.4, 0.5) is 4.39 Å². The van der Waals surface area contributed by atoms with Crippen LogP contribution in [0.25, 0.3) is 10.9 Å². The van der Waals surface area contributed by atoms with Crippen LogP contribution in [-0.2, 0) is 11.2 Å². The summed E-state index contributed by atoms with van der Waals surface area (Å²) in [5, 5.41) is 7.39. The molecule has 0 spiro atoms. The smallest absolute Gasteiger partial charge is 0.234 e. The quantitative estimate of drug-likeness (QED) is 0.305. The summed E-state index contributed by atoms with van der Waals surface area (Å²) in [4.78, 5) is 24.0. The number of hydrogen-bond acceptors (Lipinski definition) is 3. The zero-order valence-corrected chi connectivity index (χ0v) is 19.6. The minimum Gasteiger partial charge on any atom is -0.361 e. The molecule has 1 aromatic heterocycles. The summed E-state index contributed by atoms with van der Waals surface area (Å²) in [6.45, 7) is 4.58. The molecule has 1 aromatic carbocycles. The number of carbonyl (C=O) groups is 1. The Morgan fingerprint density at radius 2 is 2.03 bits per heavy atom. The minimum absolute atomic E-state index is 0. The topological polar surface area (TPSA) is 75.8 Å². The highest BCUT2D eigenvalue weighted by Gasteiger charge is 2.25. The minimum atomic E-state index is -0.217. The number of aromatic nitrogens is 1. The van der Waals surface area contributed by atoms with Crippen molar-refractivity contribution in [2.24, 2.45) is 4.99 Å². The van der Waals surface area contributed by atoms with Gasteiger partial charge in [-0.2, -0.15) is 0 Å². The number of carbonyl (C=O) groups excluding carboxylic acids is 1. The van der Waals surface area contributed by atoms with Gasteiger partial charge in [-0.3, -0.25) is 14.7 Å². The van der Waals surface area contributed by atoms with Crippen molar-refractivity contribution in [3.05, 3.63) is 35.8 Å². The van der Waals surface area contributed by atoms with Gasteiger partial charge in [0.25, 0.3) is 0 Å². The van der Waals surface area contributed by atoms with Gasteiger partial charge in [-0.05, 0) is 43.0 Å². The second-order valence-electron chi connectivity index (χ2n) is 7.83. The van der Waals surface area contributed by atoms with Crippen LogP contribution >= 0.6 is 24.0 Å². The average Bonchev–Trinajstić information content (AvgIpc) is 3.44. The lowest BCUT2D eigenvalue weighted by Gasteiger charge is -2.36. The van der Waals surface area contributed by atoms with Crippen molar-refractivity contribution in [1.82, 2.24) is 25.4 Å². The first kappa shape index (κ1) is 22.8. The van der Waals surface area contributed by atoms with E-state index in [2.05, 4.69) is 30.4 Å². The SMILES string of the molecule is CN=C(NCCc1c[nH]c2ccc(F)cc12)N1CCN(CC(=O)NC2CC2)CC1.I. The van der Waals surface area contributed by atoms with Crippen molar-refractivity contribution >= 4 is 46.7 Å². The summed E-state index contributed by atoms with van der Waals surface area (Å²) in [6.07, 6.45) is 4.97. The molecule has 1 aliphatic carbocycles. The molecule has 1 amide bonds. The number of amides is 1. The fourth-order valence-corrected chi connectivity index (χ4v) is 3.82. The third-order valence-corrected chi connectivity index (χ3v) is 5.60. The maximum atomic E-state index is 13.5. The van der Waals surface area contributed by atoms with Crippen LogP contribution in [0, 0.1) is 5.82 Å². The first-order valence-electron chi connectivity index (χ1n) is 10.3. The number of aromatic amines is 1. The zero-order valence-electron chi connectivity index (χ0n) is 17.3. The second-order valence-corrected chi connectivity index (χ2v) is 7.83. The number of nitrogens with one attached hydrogen (secondary N) is 3. The molecule has 2 aromatic rings. The first-order valence-corrected chi connectivity index (χ1v) is 10.3. The molecular formula is C21H30FIN6O. The molecule has 30 heavy (non-hydrogen) atoms. The summed E-state index contributed by atoms with van der Waals surface area (Å²) in [5.74, 6) is 0.794. The predicted octanol–water partition coefficient (Wildman–Crippen LogP) is 1.94. The van der Waals surface area contributed by atoms with Crippen molar-refractivity contribution in [3.8, 4) is 0 Å². The fourth-order valence-electron chi connectivity index (χ4n) is 3.82. The van der Waals surface area contributed by atoms with Crippen LogP contribution in [-0.4, -0.2) is 79.0 Å². The van der Waals surface area contributed by atoms with Crippen LogP contribution in [0.3, 0.4) is 0 Å². The lowest BCUT2D eigenvalue weighted by atomic mass is 10.1. The van der Waals surface area contributed by atoms with E-state index in [0.717, 1.165) is 74.4 Å². The highest BCUT2D eigenvalue weighted by molar-refractivity contribution is 14.0. The molecule has 2 aliphatic rings. The van der Waals surface area contributed by atoms with Gasteiger partial charge in [0.05, 0.1) is 6.54 Å². The molecule has 1 saturated heterocycles. The largest absolute Gasteiger partial charge is 0.361 e. The van der Waals surface area contributed by atoms with Gasteiger partial charge in [-0.15, -0.1) is 24.0 Å². The van der Waals surface area contributed by atoms with Gasteiger partial charge in [0.2, 0.25) is 5.91 Å². The summed E-state index contributed by atoms with van der Waals surface area (Å²) in [5.41, 5.74) is 2.04. The Labute approximate surface area is 193 Å². The molecule has 3 N–H and O–H groups in total. The van der Waals surface area contributed by atoms with Crippen molar-refractivity contribution < 1.29 is 9.18 Å². The lowest BCUT2D eigenvalue weighted by molar-refractivity contribution is -0.122. The van der Waals surface area contributed by atoms with E-state index in [1.54, 1.807) is 19.2 Å². The molecule has 0 atom stereocenters. The van der Waals surface area contributed by atoms with E-state index in [-0.39, 0.29) is 35.7 Å². The van der Waals surface area contributed by atoms with Crippen molar-refractivity contribution in [2.45, 2.75) is 25.3 Å². The van der Waals surface area contributed by atoms with Crippen molar-refractivity contribution in [2.75, 3.05) is 46.3 Å². The summed E-state index contributed by atoms with van der Waals surface area (Å²) >= 11 is 0. The van der Waals surface area contributed by atoms with E-state index >= 15 is 0 Å². The maximum Gasteiger partial charge on any atom is 0.234 e. The number of H-pyrrole nitrogens is 1. The molecule has 1 saturated carbocycles. The number of aliphatic imine (C=N–C) groups is 1. The number of fused-ring (bicyclic) bond motifs is 1. The Balaban J connectivity index is 0.00000256. The second kappa shape index (κ2) is 10.4. The van der Waals surface area contributed by atoms with E-state index < -0.39 is 0 Å². The van der Waals surface area contributed by atoms with E-state index in [1.807, 2.05) is 6.20 Å². The molecule has 1 aliphatic heterocycles. The third-order valence-electron chi connectivity index (χ3n) is 5.60. The molecule has 0 unspecified atom stereocenters. The summed E-state index contributed by atoms with van der Waals surface area (Å²) < 4.78 is 13.5. The number of piperazine rings is 1. The maximum absolute atomic E-state index is 13.5. The number of guanidine groups is 1. The van der Waals surface area contributed by atoms with Crippen LogP contribution in [0.5, 0.6) is 0 Å². The Hall–Kier alpha value is -1.88. The van der Waals surface area contributed by atoms with Crippen LogP contribution in [0.15, 0.2) is 29.4 Å². The molecule has 0 bridgehead atoms. The molecule has 164 valence electrons. The number of nitrogens with zero attached hydrogens (tertiary/aromatic N) is 3. The van der Waals surface area contributed by atoms with Gasteiger partial charge in [-0.25, -0.2) is 4.39 Å². The molecule has 2 heterocycles. The number of halogens is 2. The Kier molecular flexibility index (Phi) is 7.93.